The first-order valence-corrected chi connectivity index (χ1v) is 14.2. The number of hydrogen-bond acceptors (Lipinski definition) is 6. The Morgan fingerprint density at radius 1 is 1.00 bits per heavy atom. The van der Waals surface area contributed by atoms with Crippen molar-refractivity contribution in [3.05, 3.63) is 88.0 Å². The van der Waals surface area contributed by atoms with Crippen molar-refractivity contribution >= 4 is 28.8 Å². The molecule has 6 heteroatoms. The summed E-state index contributed by atoms with van der Waals surface area (Å²) in [7, 11) is 0. The smallest absolute Gasteiger partial charge is 0.139 e. The minimum absolute atomic E-state index is 0.0690. The zero-order valence-electron chi connectivity index (χ0n) is 23.8. The molecule has 1 aliphatic carbocycles. The van der Waals surface area contributed by atoms with Gasteiger partial charge in [0.1, 0.15) is 17.9 Å². The van der Waals surface area contributed by atoms with Gasteiger partial charge in [0.25, 0.3) is 0 Å². The van der Waals surface area contributed by atoms with Crippen LogP contribution in [0.3, 0.4) is 0 Å². The van der Waals surface area contributed by atoms with Crippen molar-refractivity contribution in [2.45, 2.75) is 53.4 Å². The van der Waals surface area contributed by atoms with Gasteiger partial charge in [0, 0.05) is 48.3 Å². The Labute approximate surface area is 236 Å². The molecule has 3 aromatic rings. The largest absolute Gasteiger partial charge is 0.494 e. The minimum atomic E-state index is 0.0690. The summed E-state index contributed by atoms with van der Waals surface area (Å²) in [5.74, 6) is 1.99. The number of nitrogens with zero attached hydrogens (tertiary/aromatic N) is 5. The molecule has 202 valence electrons. The number of piperidine rings is 1. The number of aromatic nitrogens is 2. The van der Waals surface area contributed by atoms with Gasteiger partial charge in [-0.3, -0.25) is 4.99 Å². The molecule has 0 spiro atoms. The predicted molar refractivity (Wildman–Crippen MR) is 161 cm³/mol. The molecule has 0 amide bonds. The van der Waals surface area contributed by atoms with Crippen molar-refractivity contribution < 1.29 is 4.74 Å². The van der Waals surface area contributed by atoms with E-state index < -0.39 is 0 Å². The summed E-state index contributed by atoms with van der Waals surface area (Å²) in [6.07, 6.45) is 7.72. The lowest BCUT2D eigenvalue weighted by atomic mass is 9.74. The van der Waals surface area contributed by atoms with E-state index in [1.54, 1.807) is 6.33 Å². The molecule has 1 fully saturated rings. The Bertz CT molecular complexity index is 1600. The van der Waals surface area contributed by atoms with Gasteiger partial charge < -0.3 is 9.64 Å². The van der Waals surface area contributed by atoms with Crippen molar-refractivity contribution in [3.63, 3.8) is 0 Å². The van der Waals surface area contributed by atoms with Gasteiger partial charge in [0.2, 0.25) is 0 Å². The van der Waals surface area contributed by atoms with Gasteiger partial charge in [0.15, 0.2) is 0 Å². The number of benzene rings is 2. The summed E-state index contributed by atoms with van der Waals surface area (Å²) in [5.41, 5.74) is 11.5. The zero-order valence-corrected chi connectivity index (χ0v) is 23.8. The third-order valence-corrected chi connectivity index (χ3v) is 8.78. The third-order valence-electron chi connectivity index (χ3n) is 8.78. The monoisotopic (exact) mass is 529 g/mol. The molecule has 3 heterocycles. The molecule has 6 rings (SSSR count). The molecule has 0 radical (unpaired) electrons. The standard InChI is InChI=1S/C34H35N5O/c1-5-40-31-11-10-26(16-22(31)2)28-19-32(38-23(28)3)34(4)12-14-39(15-13-34)33-29-17-27(18-30(29)36-21-37-33)25-8-6-24(20-35)7-9-25/h6-11,16-17,21H,5,12-15,18-19H2,1-4H3. The normalized spacial score (nSPS) is 17.8. The molecule has 3 aliphatic rings. The number of anilines is 1. The quantitative estimate of drug-likeness (QED) is 0.343. The summed E-state index contributed by atoms with van der Waals surface area (Å²) in [6.45, 7) is 11.2. The Hall–Kier alpha value is -4.24. The third kappa shape index (κ3) is 4.70. The minimum Gasteiger partial charge on any atom is -0.494 e. The number of aryl methyl sites for hydroxylation is 1. The van der Waals surface area contributed by atoms with Crippen molar-refractivity contribution in [3.8, 4) is 11.8 Å². The first-order valence-electron chi connectivity index (χ1n) is 14.2. The maximum Gasteiger partial charge on any atom is 0.139 e. The molecule has 1 aromatic heterocycles. The van der Waals surface area contributed by atoms with E-state index in [1.807, 2.05) is 31.2 Å². The van der Waals surface area contributed by atoms with Gasteiger partial charge in [-0.25, -0.2) is 9.97 Å². The molecule has 0 unspecified atom stereocenters. The summed E-state index contributed by atoms with van der Waals surface area (Å²) >= 11 is 0. The van der Waals surface area contributed by atoms with E-state index in [0.717, 1.165) is 72.9 Å². The number of rotatable bonds is 6. The fourth-order valence-corrected chi connectivity index (χ4v) is 6.23. The predicted octanol–water partition coefficient (Wildman–Crippen LogP) is 7.03. The molecule has 40 heavy (non-hydrogen) atoms. The number of nitriles is 1. The average molecular weight is 530 g/mol. The Kier molecular flexibility index (Phi) is 6.75. The lowest BCUT2D eigenvalue weighted by Crippen LogP contribution is -2.43. The lowest BCUT2D eigenvalue weighted by Gasteiger charge is -2.40. The second-order valence-electron chi connectivity index (χ2n) is 11.4. The highest BCUT2D eigenvalue weighted by atomic mass is 16.5. The molecule has 2 aromatic carbocycles. The van der Waals surface area contributed by atoms with Crippen LogP contribution in [0.1, 0.15) is 73.5 Å². The second-order valence-corrected chi connectivity index (χ2v) is 11.4. The zero-order chi connectivity index (χ0) is 27.9. The average Bonchev–Trinajstić information content (AvgIpc) is 3.59. The van der Waals surface area contributed by atoms with Crippen LogP contribution < -0.4 is 9.64 Å². The number of aliphatic imine (C=N–C) groups is 1. The first kappa shape index (κ1) is 26.0. The lowest BCUT2D eigenvalue weighted by molar-refractivity contribution is 0.338. The molecule has 1 saturated heterocycles. The van der Waals surface area contributed by atoms with E-state index in [9.17, 15) is 0 Å². The van der Waals surface area contributed by atoms with Crippen LogP contribution in [0, 0.1) is 23.7 Å². The fourth-order valence-electron chi connectivity index (χ4n) is 6.23. The highest BCUT2D eigenvalue weighted by Crippen LogP contribution is 2.43. The van der Waals surface area contributed by atoms with Gasteiger partial charge >= 0.3 is 0 Å². The summed E-state index contributed by atoms with van der Waals surface area (Å²) < 4.78 is 5.75. The fraction of sp³-hybridized carbons (Fsp3) is 0.353. The molecular weight excluding hydrogens is 494 g/mol. The summed E-state index contributed by atoms with van der Waals surface area (Å²) in [5, 5.41) is 9.13. The van der Waals surface area contributed by atoms with Crippen molar-refractivity contribution in [2.24, 2.45) is 10.4 Å². The van der Waals surface area contributed by atoms with Gasteiger partial charge in [-0.2, -0.15) is 5.26 Å². The Morgan fingerprint density at radius 2 is 1.75 bits per heavy atom. The molecule has 2 aliphatic heterocycles. The highest BCUT2D eigenvalue weighted by molar-refractivity contribution is 6.03. The van der Waals surface area contributed by atoms with Crippen molar-refractivity contribution in [1.82, 2.24) is 9.97 Å². The van der Waals surface area contributed by atoms with E-state index in [2.05, 4.69) is 61.0 Å². The molecular formula is C34H35N5O. The first-order chi connectivity index (χ1) is 19.4. The summed E-state index contributed by atoms with van der Waals surface area (Å²) in [6, 6.07) is 16.5. The molecule has 0 atom stereocenters. The highest BCUT2D eigenvalue weighted by Gasteiger charge is 2.38. The van der Waals surface area contributed by atoms with E-state index in [4.69, 9.17) is 20.0 Å². The van der Waals surface area contributed by atoms with E-state index in [-0.39, 0.29) is 5.41 Å². The van der Waals surface area contributed by atoms with Crippen LogP contribution in [0.4, 0.5) is 5.82 Å². The maximum atomic E-state index is 9.13. The van der Waals surface area contributed by atoms with Crippen LogP contribution in [0.2, 0.25) is 0 Å². The van der Waals surface area contributed by atoms with Gasteiger partial charge in [-0.1, -0.05) is 25.1 Å². The SMILES string of the molecule is CCOc1ccc(C2=C(C)N=C(C3(C)CCN(c4ncnc5c4C=C(c4ccc(C#N)cc4)C5)CC3)C2)cc1C. The van der Waals surface area contributed by atoms with Crippen LogP contribution in [0.25, 0.3) is 17.2 Å². The van der Waals surface area contributed by atoms with Crippen LogP contribution >= 0.6 is 0 Å². The van der Waals surface area contributed by atoms with E-state index in [1.165, 1.54) is 28.0 Å². The number of ether oxygens (including phenoxy) is 1. The number of hydrogen-bond donors (Lipinski definition) is 0. The molecule has 6 nitrogen and oxygen atoms in total. The maximum absolute atomic E-state index is 9.13. The molecule has 0 saturated carbocycles. The number of fused-ring (bicyclic) bond motifs is 1. The van der Waals surface area contributed by atoms with Gasteiger partial charge in [0.05, 0.1) is 23.9 Å². The number of allylic oxidation sites excluding steroid dienone is 3. The summed E-state index contributed by atoms with van der Waals surface area (Å²) in [4.78, 5) is 16.9. The Balaban J connectivity index is 1.16. The second kappa shape index (κ2) is 10.4. The van der Waals surface area contributed by atoms with Crippen molar-refractivity contribution in [1.29, 1.82) is 5.26 Å². The van der Waals surface area contributed by atoms with Gasteiger partial charge in [-0.15, -0.1) is 0 Å². The van der Waals surface area contributed by atoms with E-state index >= 15 is 0 Å². The Morgan fingerprint density at radius 3 is 2.45 bits per heavy atom. The van der Waals surface area contributed by atoms with Crippen LogP contribution in [-0.4, -0.2) is 35.4 Å². The van der Waals surface area contributed by atoms with E-state index in [0.29, 0.717) is 12.2 Å². The van der Waals surface area contributed by atoms with Crippen molar-refractivity contribution in [2.75, 3.05) is 24.6 Å². The molecule has 0 N–H and O–H groups in total. The van der Waals surface area contributed by atoms with Crippen LogP contribution in [0.5, 0.6) is 5.75 Å². The van der Waals surface area contributed by atoms with Gasteiger partial charge in [-0.05, 0) is 91.8 Å². The topological polar surface area (TPSA) is 74.4 Å². The van der Waals surface area contributed by atoms with Crippen LogP contribution in [-0.2, 0) is 6.42 Å². The van der Waals surface area contributed by atoms with Crippen LogP contribution in [0.15, 0.2) is 59.5 Å². The molecule has 0 bridgehead atoms.